The summed E-state index contributed by atoms with van der Waals surface area (Å²) in [4.78, 5) is 12.0. The van der Waals surface area contributed by atoms with Gasteiger partial charge in [0.15, 0.2) is 0 Å². The molecule has 0 radical (unpaired) electrons. The second-order valence-electron chi connectivity index (χ2n) is 4.79. The van der Waals surface area contributed by atoms with Crippen LogP contribution in [0.4, 0.5) is 10.1 Å². The molecule has 1 aromatic rings. The SMILES string of the molecule is O=[N+]([O-])c1cccc(CN(CCO)C2CCC2)c1F. The number of rotatable bonds is 6. The molecule has 19 heavy (non-hydrogen) atoms. The Morgan fingerprint density at radius 2 is 2.21 bits per heavy atom. The first-order valence-corrected chi connectivity index (χ1v) is 6.40. The van der Waals surface area contributed by atoms with Crippen molar-refractivity contribution in [2.24, 2.45) is 0 Å². The number of aliphatic hydroxyl groups excluding tert-OH is 1. The summed E-state index contributed by atoms with van der Waals surface area (Å²) in [5, 5.41) is 19.8. The third kappa shape index (κ3) is 3.08. The molecule has 0 aliphatic heterocycles. The quantitative estimate of drug-likeness (QED) is 0.633. The topological polar surface area (TPSA) is 66.6 Å². The highest BCUT2D eigenvalue weighted by molar-refractivity contribution is 5.36. The van der Waals surface area contributed by atoms with Crippen LogP contribution in [-0.2, 0) is 6.54 Å². The molecule has 0 bridgehead atoms. The Morgan fingerprint density at radius 3 is 2.74 bits per heavy atom. The van der Waals surface area contributed by atoms with Crippen molar-refractivity contribution in [1.29, 1.82) is 0 Å². The molecule has 0 saturated heterocycles. The van der Waals surface area contributed by atoms with Crippen LogP contribution in [0.5, 0.6) is 0 Å². The molecule has 1 fully saturated rings. The predicted molar refractivity (Wildman–Crippen MR) is 68.2 cm³/mol. The fraction of sp³-hybridized carbons (Fsp3) is 0.538. The highest BCUT2D eigenvalue weighted by Crippen LogP contribution is 2.28. The Bertz CT molecular complexity index is 463. The van der Waals surface area contributed by atoms with Gasteiger partial charge in [0.25, 0.3) is 0 Å². The normalized spacial score (nSPS) is 15.5. The molecule has 1 N–H and O–H groups in total. The summed E-state index contributed by atoms with van der Waals surface area (Å²) in [6, 6.07) is 4.57. The zero-order valence-electron chi connectivity index (χ0n) is 10.6. The number of aliphatic hydroxyl groups is 1. The van der Waals surface area contributed by atoms with Crippen molar-refractivity contribution in [2.75, 3.05) is 13.2 Å². The van der Waals surface area contributed by atoms with Crippen molar-refractivity contribution in [3.8, 4) is 0 Å². The number of nitrogens with zero attached hydrogens (tertiary/aromatic N) is 2. The average molecular weight is 268 g/mol. The molecule has 0 aromatic heterocycles. The fourth-order valence-electron chi connectivity index (χ4n) is 2.32. The van der Waals surface area contributed by atoms with Crippen LogP contribution in [0.2, 0.25) is 0 Å². The lowest BCUT2D eigenvalue weighted by atomic mass is 9.91. The highest BCUT2D eigenvalue weighted by Gasteiger charge is 2.26. The molecule has 1 aliphatic rings. The van der Waals surface area contributed by atoms with Gasteiger partial charge < -0.3 is 5.11 Å². The van der Waals surface area contributed by atoms with Crippen molar-refractivity contribution < 1.29 is 14.4 Å². The number of benzene rings is 1. The van der Waals surface area contributed by atoms with Gasteiger partial charge >= 0.3 is 5.69 Å². The van der Waals surface area contributed by atoms with E-state index in [0.29, 0.717) is 24.7 Å². The van der Waals surface area contributed by atoms with Gasteiger partial charge in [0.1, 0.15) is 0 Å². The third-order valence-electron chi connectivity index (χ3n) is 3.61. The summed E-state index contributed by atoms with van der Waals surface area (Å²) in [6.07, 6.45) is 3.22. The van der Waals surface area contributed by atoms with Crippen LogP contribution < -0.4 is 0 Å². The van der Waals surface area contributed by atoms with Crippen molar-refractivity contribution in [1.82, 2.24) is 4.90 Å². The van der Waals surface area contributed by atoms with Crippen LogP contribution in [0.25, 0.3) is 0 Å². The predicted octanol–water partition coefficient (Wildman–Crippen LogP) is 2.08. The van der Waals surface area contributed by atoms with E-state index >= 15 is 0 Å². The van der Waals surface area contributed by atoms with Gasteiger partial charge in [0.05, 0.1) is 11.5 Å². The maximum Gasteiger partial charge on any atom is 0.305 e. The molecule has 6 heteroatoms. The molecular formula is C13H17FN2O3. The summed E-state index contributed by atoms with van der Waals surface area (Å²) >= 11 is 0. The Morgan fingerprint density at radius 1 is 1.47 bits per heavy atom. The Balaban J connectivity index is 2.16. The molecule has 5 nitrogen and oxygen atoms in total. The lowest BCUT2D eigenvalue weighted by Gasteiger charge is -2.37. The van der Waals surface area contributed by atoms with E-state index in [9.17, 15) is 14.5 Å². The second-order valence-corrected chi connectivity index (χ2v) is 4.79. The Hall–Kier alpha value is -1.53. The lowest BCUT2D eigenvalue weighted by Crippen LogP contribution is -2.41. The minimum Gasteiger partial charge on any atom is -0.395 e. The maximum atomic E-state index is 14.0. The van der Waals surface area contributed by atoms with Crippen LogP contribution >= 0.6 is 0 Å². The van der Waals surface area contributed by atoms with Crippen LogP contribution in [0, 0.1) is 15.9 Å². The van der Waals surface area contributed by atoms with Gasteiger partial charge in [-0.1, -0.05) is 18.6 Å². The van der Waals surface area contributed by atoms with Crippen LogP contribution in [0.1, 0.15) is 24.8 Å². The van der Waals surface area contributed by atoms with Gasteiger partial charge in [-0.05, 0) is 12.8 Å². The van der Waals surface area contributed by atoms with Crippen molar-refractivity contribution in [3.05, 3.63) is 39.7 Å². The molecule has 0 atom stereocenters. The zero-order valence-corrected chi connectivity index (χ0v) is 10.6. The lowest BCUT2D eigenvalue weighted by molar-refractivity contribution is -0.387. The minimum atomic E-state index is -0.769. The van der Waals surface area contributed by atoms with E-state index in [2.05, 4.69) is 0 Å². The first-order valence-electron chi connectivity index (χ1n) is 6.40. The number of hydrogen-bond donors (Lipinski definition) is 1. The Kier molecular flexibility index (Phi) is 4.44. The largest absolute Gasteiger partial charge is 0.395 e. The summed E-state index contributed by atoms with van der Waals surface area (Å²) < 4.78 is 14.0. The van der Waals surface area contributed by atoms with Crippen molar-refractivity contribution >= 4 is 5.69 Å². The summed E-state index contributed by atoms with van der Waals surface area (Å²) in [5.41, 5.74) is -0.176. The van der Waals surface area contributed by atoms with E-state index in [1.165, 1.54) is 12.1 Å². The molecule has 0 spiro atoms. The first-order chi connectivity index (χ1) is 9.13. The van der Waals surface area contributed by atoms with Crippen molar-refractivity contribution in [2.45, 2.75) is 31.8 Å². The molecule has 1 aliphatic carbocycles. The van der Waals surface area contributed by atoms with Crippen LogP contribution in [-0.4, -0.2) is 34.1 Å². The Labute approximate surface area is 110 Å². The van der Waals surface area contributed by atoms with E-state index in [0.717, 1.165) is 19.3 Å². The van der Waals surface area contributed by atoms with Crippen LogP contribution in [0.3, 0.4) is 0 Å². The molecule has 0 heterocycles. The molecule has 1 saturated carbocycles. The zero-order chi connectivity index (χ0) is 13.8. The van der Waals surface area contributed by atoms with E-state index in [1.807, 2.05) is 4.90 Å². The molecule has 104 valence electrons. The smallest absolute Gasteiger partial charge is 0.305 e. The maximum absolute atomic E-state index is 14.0. The average Bonchev–Trinajstić information content (AvgIpc) is 2.29. The fourth-order valence-corrected chi connectivity index (χ4v) is 2.32. The first kappa shape index (κ1) is 13.9. The third-order valence-corrected chi connectivity index (χ3v) is 3.61. The van der Waals surface area contributed by atoms with E-state index in [-0.39, 0.29) is 6.61 Å². The highest BCUT2D eigenvalue weighted by atomic mass is 19.1. The molecule has 0 amide bonds. The van der Waals surface area contributed by atoms with Gasteiger partial charge in [-0.2, -0.15) is 4.39 Å². The standard InChI is InChI=1S/C13H17FN2O3/c14-13-10(3-1-6-12(13)16(18)19)9-15(7-8-17)11-4-2-5-11/h1,3,6,11,17H,2,4-5,7-9H2. The van der Waals surface area contributed by atoms with Gasteiger partial charge in [-0.3, -0.25) is 15.0 Å². The van der Waals surface area contributed by atoms with Gasteiger partial charge in [-0.25, -0.2) is 0 Å². The summed E-state index contributed by atoms with van der Waals surface area (Å²) in [6.45, 7) is 0.776. The van der Waals surface area contributed by atoms with Crippen LogP contribution in [0.15, 0.2) is 18.2 Å². The van der Waals surface area contributed by atoms with E-state index < -0.39 is 16.4 Å². The van der Waals surface area contributed by atoms with Gasteiger partial charge in [0.2, 0.25) is 5.82 Å². The molecule has 2 rings (SSSR count). The monoisotopic (exact) mass is 268 g/mol. The van der Waals surface area contributed by atoms with E-state index in [1.54, 1.807) is 6.07 Å². The number of nitro groups is 1. The summed E-state index contributed by atoms with van der Waals surface area (Å²) in [7, 11) is 0. The summed E-state index contributed by atoms with van der Waals surface area (Å²) in [5.74, 6) is -0.769. The number of nitro benzene ring substituents is 1. The van der Waals surface area contributed by atoms with E-state index in [4.69, 9.17) is 5.11 Å². The molecule has 1 aromatic carbocycles. The van der Waals surface area contributed by atoms with Crippen molar-refractivity contribution in [3.63, 3.8) is 0 Å². The van der Waals surface area contributed by atoms with Gasteiger partial charge in [-0.15, -0.1) is 0 Å². The van der Waals surface area contributed by atoms with Gasteiger partial charge in [0, 0.05) is 30.8 Å². The number of hydrogen-bond acceptors (Lipinski definition) is 4. The second kappa shape index (κ2) is 6.08. The molecule has 0 unspecified atom stereocenters. The minimum absolute atomic E-state index is 0.00699. The molecular weight excluding hydrogens is 251 g/mol. The number of halogens is 1.